The van der Waals surface area contributed by atoms with Crippen molar-refractivity contribution in [2.75, 3.05) is 19.7 Å². The smallest absolute Gasteiger partial charge is 0.139 e. The largest absolute Gasteiger partial charge is 0.409 e. The van der Waals surface area contributed by atoms with Gasteiger partial charge in [0.1, 0.15) is 5.84 Å². The molecule has 0 fully saturated rings. The summed E-state index contributed by atoms with van der Waals surface area (Å²) in [6, 6.07) is 0. The molecule has 0 aliphatic heterocycles. The van der Waals surface area contributed by atoms with Crippen molar-refractivity contribution in [1.29, 1.82) is 0 Å². The maximum Gasteiger partial charge on any atom is 0.139 e. The molecule has 5 heteroatoms. The van der Waals surface area contributed by atoms with Crippen molar-refractivity contribution in [3.05, 3.63) is 0 Å². The molecule has 1 unspecified atom stereocenters. The van der Waals surface area contributed by atoms with E-state index in [-0.39, 0.29) is 12.4 Å². The number of nitrogens with one attached hydrogen (secondary N) is 1. The van der Waals surface area contributed by atoms with Crippen LogP contribution in [-0.2, 0) is 0 Å². The summed E-state index contributed by atoms with van der Waals surface area (Å²) < 4.78 is 0. The molecule has 0 bridgehead atoms. The molecule has 5 N–H and O–H groups in total. The average Bonchev–Trinajstić information content (AvgIpc) is 2.22. The third-order valence-electron chi connectivity index (χ3n) is 1.97. The van der Waals surface area contributed by atoms with E-state index in [4.69, 9.17) is 16.0 Å². The van der Waals surface area contributed by atoms with Crippen LogP contribution in [0.5, 0.6) is 0 Å². The summed E-state index contributed by atoms with van der Waals surface area (Å²) in [5.41, 5.74) is 5.30. The van der Waals surface area contributed by atoms with Gasteiger partial charge in [-0.15, -0.1) is 0 Å². The molecule has 0 aliphatic rings. The number of aliphatic hydroxyl groups excluding tert-OH is 1. The Bertz CT molecular complexity index is 162. The van der Waals surface area contributed by atoms with E-state index in [0.29, 0.717) is 12.3 Å². The van der Waals surface area contributed by atoms with Gasteiger partial charge in [0, 0.05) is 13.0 Å². The summed E-state index contributed by atoms with van der Waals surface area (Å²) in [6.45, 7) is 3.95. The van der Waals surface area contributed by atoms with Gasteiger partial charge >= 0.3 is 0 Å². The van der Waals surface area contributed by atoms with E-state index in [0.717, 1.165) is 25.9 Å². The molecule has 5 nitrogen and oxygen atoms in total. The van der Waals surface area contributed by atoms with Crippen molar-refractivity contribution in [2.45, 2.75) is 26.2 Å². The van der Waals surface area contributed by atoms with Gasteiger partial charge in [-0.2, -0.15) is 0 Å². The van der Waals surface area contributed by atoms with Crippen molar-refractivity contribution in [3.63, 3.8) is 0 Å². The second-order valence-electron chi connectivity index (χ2n) is 3.54. The Morgan fingerprint density at radius 2 is 2.21 bits per heavy atom. The molecule has 0 spiro atoms. The van der Waals surface area contributed by atoms with Crippen molar-refractivity contribution < 1.29 is 10.3 Å². The minimum atomic E-state index is 0.219. The molecule has 1 atom stereocenters. The number of rotatable bonds is 8. The van der Waals surface area contributed by atoms with Crippen LogP contribution in [0, 0.1) is 5.92 Å². The van der Waals surface area contributed by atoms with Crippen molar-refractivity contribution in [3.8, 4) is 0 Å². The number of aliphatic hydroxyl groups is 1. The van der Waals surface area contributed by atoms with Gasteiger partial charge in [-0.05, 0) is 31.8 Å². The monoisotopic (exact) mass is 203 g/mol. The Kier molecular flexibility index (Phi) is 8.27. The van der Waals surface area contributed by atoms with E-state index in [1.54, 1.807) is 0 Å². The van der Waals surface area contributed by atoms with Gasteiger partial charge < -0.3 is 21.4 Å². The van der Waals surface area contributed by atoms with Crippen molar-refractivity contribution in [1.82, 2.24) is 5.32 Å². The lowest BCUT2D eigenvalue weighted by molar-refractivity contribution is 0.234. The predicted octanol–water partition coefficient (Wildman–Crippen LogP) is 0.121. The number of amidine groups is 1. The first-order chi connectivity index (χ1) is 6.70. The fourth-order valence-electron chi connectivity index (χ4n) is 1.02. The van der Waals surface area contributed by atoms with Crippen LogP contribution in [-0.4, -0.2) is 35.8 Å². The molecule has 0 amide bonds. The van der Waals surface area contributed by atoms with Crippen molar-refractivity contribution >= 4 is 5.84 Å². The minimum absolute atomic E-state index is 0.219. The zero-order valence-corrected chi connectivity index (χ0v) is 8.74. The van der Waals surface area contributed by atoms with Gasteiger partial charge in [-0.25, -0.2) is 0 Å². The highest BCUT2D eigenvalue weighted by Crippen LogP contribution is 1.94. The lowest BCUT2D eigenvalue weighted by atomic mass is 10.2. The summed E-state index contributed by atoms with van der Waals surface area (Å²) >= 11 is 0. The minimum Gasteiger partial charge on any atom is -0.409 e. The second-order valence-corrected chi connectivity index (χ2v) is 3.54. The highest BCUT2D eigenvalue weighted by atomic mass is 16.4. The summed E-state index contributed by atoms with van der Waals surface area (Å²) in [7, 11) is 0. The Morgan fingerprint density at radius 1 is 1.50 bits per heavy atom. The number of unbranched alkanes of at least 4 members (excludes halogenated alkanes) is 1. The summed E-state index contributed by atoms with van der Waals surface area (Å²) in [5.74, 6) is 0.591. The average molecular weight is 203 g/mol. The van der Waals surface area contributed by atoms with Crippen LogP contribution in [0.2, 0.25) is 0 Å². The number of nitrogens with zero attached hydrogens (tertiary/aromatic N) is 1. The van der Waals surface area contributed by atoms with Gasteiger partial charge in [-0.1, -0.05) is 12.1 Å². The van der Waals surface area contributed by atoms with E-state index in [9.17, 15) is 0 Å². The van der Waals surface area contributed by atoms with Crippen LogP contribution in [0.4, 0.5) is 0 Å². The molecular weight excluding hydrogens is 182 g/mol. The van der Waals surface area contributed by atoms with Crippen LogP contribution in [0.1, 0.15) is 26.2 Å². The molecule has 84 valence electrons. The fraction of sp³-hybridized carbons (Fsp3) is 0.889. The third-order valence-corrected chi connectivity index (χ3v) is 1.97. The summed E-state index contributed by atoms with van der Waals surface area (Å²) in [4.78, 5) is 0. The van der Waals surface area contributed by atoms with Crippen LogP contribution < -0.4 is 11.1 Å². The zero-order chi connectivity index (χ0) is 10.8. The standard InChI is InChI=1S/C9H21N3O2/c1-8(7-13)6-11-5-3-2-4-9(10)12-14/h8,11,13-14H,2-7H2,1H3,(H2,10,12). The molecule has 0 rings (SSSR count). The highest BCUT2D eigenvalue weighted by Gasteiger charge is 1.98. The van der Waals surface area contributed by atoms with Gasteiger partial charge in [0.25, 0.3) is 0 Å². The molecule has 14 heavy (non-hydrogen) atoms. The maximum atomic E-state index is 8.74. The number of hydrogen-bond acceptors (Lipinski definition) is 4. The van der Waals surface area contributed by atoms with E-state index in [1.807, 2.05) is 6.92 Å². The van der Waals surface area contributed by atoms with Gasteiger partial charge in [0.05, 0.1) is 0 Å². The lowest BCUT2D eigenvalue weighted by Crippen LogP contribution is -2.24. The number of nitrogens with two attached hydrogens (primary N) is 1. The van der Waals surface area contributed by atoms with Crippen LogP contribution in [0.25, 0.3) is 0 Å². The SMILES string of the molecule is CC(CO)CNCCCCC(N)=NO. The number of hydrogen-bond donors (Lipinski definition) is 4. The molecule has 0 aromatic carbocycles. The van der Waals surface area contributed by atoms with E-state index >= 15 is 0 Å². The summed E-state index contributed by atoms with van der Waals surface area (Å²) in [5, 5.41) is 23.1. The molecule has 0 saturated heterocycles. The highest BCUT2D eigenvalue weighted by molar-refractivity contribution is 5.79. The normalized spacial score (nSPS) is 14.3. The Labute approximate surface area is 85.0 Å². The molecule has 0 radical (unpaired) electrons. The van der Waals surface area contributed by atoms with E-state index < -0.39 is 0 Å². The van der Waals surface area contributed by atoms with Crippen molar-refractivity contribution in [2.24, 2.45) is 16.8 Å². The first kappa shape index (κ1) is 13.2. The summed E-state index contributed by atoms with van der Waals surface area (Å²) in [6.07, 6.45) is 2.54. The first-order valence-electron chi connectivity index (χ1n) is 4.98. The van der Waals surface area contributed by atoms with Gasteiger partial charge in [-0.3, -0.25) is 0 Å². The molecule has 0 heterocycles. The Morgan fingerprint density at radius 3 is 2.79 bits per heavy atom. The van der Waals surface area contributed by atoms with E-state index in [1.165, 1.54) is 0 Å². The fourth-order valence-corrected chi connectivity index (χ4v) is 1.02. The van der Waals surface area contributed by atoms with Gasteiger partial charge in [0.15, 0.2) is 0 Å². The Hall–Kier alpha value is -0.810. The van der Waals surface area contributed by atoms with Crippen LogP contribution in [0.3, 0.4) is 0 Å². The van der Waals surface area contributed by atoms with E-state index in [2.05, 4.69) is 10.5 Å². The molecule has 0 aromatic rings. The molecule has 0 aromatic heterocycles. The zero-order valence-electron chi connectivity index (χ0n) is 8.74. The van der Waals surface area contributed by atoms with Gasteiger partial charge in [0.2, 0.25) is 0 Å². The quantitative estimate of drug-likeness (QED) is 0.148. The van der Waals surface area contributed by atoms with Crippen LogP contribution >= 0.6 is 0 Å². The lowest BCUT2D eigenvalue weighted by Gasteiger charge is -2.08. The first-order valence-corrected chi connectivity index (χ1v) is 4.98. The Balaban J connectivity index is 3.14. The molecule has 0 aliphatic carbocycles. The number of oxime groups is 1. The molecular formula is C9H21N3O2. The van der Waals surface area contributed by atoms with Crippen LogP contribution in [0.15, 0.2) is 5.16 Å². The molecule has 0 saturated carbocycles. The third kappa shape index (κ3) is 7.82. The maximum absolute atomic E-state index is 8.74. The topological polar surface area (TPSA) is 90.9 Å². The second kappa shape index (κ2) is 8.77. The predicted molar refractivity (Wildman–Crippen MR) is 56.4 cm³/mol.